The number of hydrogen-bond donors (Lipinski definition) is 2. The number of H-pyrrole nitrogens is 1. The Kier molecular flexibility index (Phi) is 6.25. The molecule has 0 bridgehead atoms. The number of carbonyl (C=O) groups is 1. The number of amides is 1. The predicted octanol–water partition coefficient (Wildman–Crippen LogP) is 4.44. The molecule has 2 heterocycles. The molecule has 0 spiro atoms. The third-order valence-corrected chi connectivity index (χ3v) is 6.37. The summed E-state index contributed by atoms with van der Waals surface area (Å²) in [5.41, 5.74) is -0.673. The first kappa shape index (κ1) is 21.7. The van der Waals surface area contributed by atoms with Gasteiger partial charge in [0, 0.05) is 15.6 Å². The number of aryl methyl sites for hydroxylation is 2. The van der Waals surface area contributed by atoms with E-state index in [0.717, 1.165) is 36.6 Å². The van der Waals surface area contributed by atoms with Crippen LogP contribution in [0.3, 0.4) is 0 Å². The van der Waals surface area contributed by atoms with E-state index in [-0.39, 0.29) is 22.2 Å². The SMILES string of the molecule is C=C(/C=C(\C(=C)Cl)C(F)(F)F)NC(=O)CSc1nc2sc3c(c2c(=O)[nH]1)CCC3. The maximum absolute atomic E-state index is 12.9. The number of fused-ring (bicyclic) bond motifs is 3. The van der Waals surface area contributed by atoms with Gasteiger partial charge in [-0.25, -0.2) is 4.98 Å². The van der Waals surface area contributed by atoms with E-state index < -0.39 is 22.7 Å². The fourth-order valence-corrected chi connectivity index (χ4v) is 5.07. The molecule has 2 aromatic rings. The zero-order valence-electron chi connectivity index (χ0n) is 14.9. The van der Waals surface area contributed by atoms with Gasteiger partial charge in [0.05, 0.1) is 16.7 Å². The van der Waals surface area contributed by atoms with Crippen molar-refractivity contribution in [3.8, 4) is 0 Å². The maximum atomic E-state index is 12.9. The average molecular weight is 462 g/mol. The summed E-state index contributed by atoms with van der Waals surface area (Å²) in [6.45, 7) is 6.44. The van der Waals surface area contributed by atoms with Crippen LogP contribution in [-0.2, 0) is 17.6 Å². The first-order valence-electron chi connectivity index (χ1n) is 8.36. The van der Waals surface area contributed by atoms with E-state index >= 15 is 0 Å². The highest BCUT2D eigenvalue weighted by Gasteiger charge is 2.35. The summed E-state index contributed by atoms with van der Waals surface area (Å²) in [5.74, 6) is -0.773. The van der Waals surface area contributed by atoms with E-state index in [9.17, 15) is 22.8 Å². The van der Waals surface area contributed by atoms with Crippen LogP contribution < -0.4 is 10.9 Å². The number of carbonyl (C=O) groups excluding carboxylic acids is 1. The summed E-state index contributed by atoms with van der Waals surface area (Å²) in [7, 11) is 0. The van der Waals surface area contributed by atoms with Crippen molar-refractivity contribution in [2.75, 3.05) is 5.75 Å². The van der Waals surface area contributed by atoms with Crippen LogP contribution in [0.25, 0.3) is 10.2 Å². The minimum atomic E-state index is -4.72. The highest BCUT2D eigenvalue weighted by molar-refractivity contribution is 7.99. The summed E-state index contributed by atoms with van der Waals surface area (Å²) < 4.78 is 38.6. The van der Waals surface area contributed by atoms with Gasteiger partial charge in [-0.3, -0.25) is 9.59 Å². The van der Waals surface area contributed by atoms with Gasteiger partial charge in [-0.05, 0) is 30.9 Å². The van der Waals surface area contributed by atoms with Gasteiger partial charge >= 0.3 is 6.18 Å². The zero-order valence-corrected chi connectivity index (χ0v) is 17.3. The van der Waals surface area contributed by atoms with Crippen LogP contribution in [0.15, 0.2) is 45.5 Å². The van der Waals surface area contributed by atoms with E-state index in [4.69, 9.17) is 11.6 Å². The summed E-state index contributed by atoms with van der Waals surface area (Å²) in [4.78, 5) is 33.2. The molecule has 0 saturated carbocycles. The van der Waals surface area contributed by atoms with Gasteiger partial charge in [-0.2, -0.15) is 13.2 Å². The molecule has 3 rings (SSSR count). The van der Waals surface area contributed by atoms with E-state index in [1.165, 1.54) is 16.2 Å². The molecule has 2 aromatic heterocycles. The van der Waals surface area contributed by atoms with Gasteiger partial charge in [0.25, 0.3) is 5.56 Å². The van der Waals surface area contributed by atoms with E-state index in [1.807, 2.05) is 0 Å². The molecule has 0 aliphatic heterocycles. The molecule has 1 aliphatic carbocycles. The van der Waals surface area contributed by atoms with E-state index in [1.54, 1.807) is 0 Å². The quantitative estimate of drug-likeness (QED) is 0.379. The molecule has 1 aliphatic rings. The smallest absolute Gasteiger partial charge is 0.326 e. The monoisotopic (exact) mass is 461 g/mol. The normalized spacial score (nSPS) is 14.1. The van der Waals surface area contributed by atoms with Crippen LogP contribution in [0.2, 0.25) is 0 Å². The molecule has 0 saturated heterocycles. The van der Waals surface area contributed by atoms with Crippen molar-refractivity contribution in [2.45, 2.75) is 30.6 Å². The van der Waals surface area contributed by atoms with Gasteiger partial charge in [0.1, 0.15) is 4.83 Å². The lowest BCUT2D eigenvalue weighted by Crippen LogP contribution is -2.24. The molecule has 11 heteroatoms. The number of alkyl halides is 3. The lowest BCUT2D eigenvalue weighted by atomic mass is 10.2. The number of aromatic nitrogens is 2. The largest absolute Gasteiger partial charge is 0.417 e. The van der Waals surface area contributed by atoms with Crippen molar-refractivity contribution < 1.29 is 18.0 Å². The zero-order chi connectivity index (χ0) is 21.3. The second-order valence-corrected chi connectivity index (χ2v) is 8.74. The fraction of sp³-hybridized carbons (Fsp3) is 0.278. The summed E-state index contributed by atoms with van der Waals surface area (Å²) in [5, 5.41) is 2.41. The number of halogens is 4. The minimum Gasteiger partial charge on any atom is -0.326 e. The first-order valence-corrected chi connectivity index (χ1v) is 10.5. The lowest BCUT2D eigenvalue weighted by molar-refractivity contribution is -0.117. The van der Waals surface area contributed by atoms with Gasteiger partial charge in [0.15, 0.2) is 5.16 Å². The number of thiophene rings is 1. The van der Waals surface area contributed by atoms with Crippen LogP contribution in [0, 0.1) is 0 Å². The van der Waals surface area contributed by atoms with Crippen LogP contribution >= 0.6 is 34.7 Å². The van der Waals surface area contributed by atoms with Crippen LogP contribution in [0.1, 0.15) is 16.9 Å². The van der Waals surface area contributed by atoms with Crippen molar-refractivity contribution in [2.24, 2.45) is 0 Å². The maximum Gasteiger partial charge on any atom is 0.417 e. The van der Waals surface area contributed by atoms with Crippen molar-refractivity contribution in [3.05, 3.63) is 56.3 Å². The number of nitrogens with one attached hydrogen (secondary N) is 2. The molecule has 154 valence electrons. The van der Waals surface area contributed by atoms with Crippen LogP contribution in [0.5, 0.6) is 0 Å². The summed E-state index contributed by atoms with van der Waals surface area (Å²) in [6, 6.07) is 0. The van der Waals surface area contributed by atoms with Gasteiger partial charge < -0.3 is 10.3 Å². The van der Waals surface area contributed by atoms with Gasteiger partial charge in [-0.1, -0.05) is 36.5 Å². The Morgan fingerprint density at radius 1 is 1.38 bits per heavy atom. The number of aromatic amines is 1. The topological polar surface area (TPSA) is 74.8 Å². The highest BCUT2D eigenvalue weighted by Crippen LogP contribution is 2.35. The lowest BCUT2D eigenvalue weighted by Gasteiger charge is -2.11. The summed E-state index contributed by atoms with van der Waals surface area (Å²) in [6.07, 6.45) is -1.29. The predicted molar refractivity (Wildman–Crippen MR) is 109 cm³/mol. The number of thioether (sulfide) groups is 1. The molecule has 1 amide bonds. The molecule has 0 unspecified atom stereocenters. The van der Waals surface area contributed by atoms with Crippen LogP contribution in [-0.4, -0.2) is 27.8 Å². The number of hydrogen-bond acceptors (Lipinski definition) is 5. The molecule has 0 aromatic carbocycles. The van der Waals surface area contributed by atoms with Crippen molar-refractivity contribution in [3.63, 3.8) is 0 Å². The minimum absolute atomic E-state index is 0.171. The fourth-order valence-electron chi connectivity index (χ4n) is 2.92. The Morgan fingerprint density at radius 3 is 2.76 bits per heavy atom. The standard InChI is InChI=1S/C18H15ClF3N3O2S2/c1-8(6-11(9(2)19)18(20,21)22)23-13(26)7-28-17-24-15(27)14-10-4-3-5-12(10)29-16(14)25-17/h6H,1-5,7H2,(H,23,26)(H,24,25,27)/b11-6+. The second-order valence-electron chi connectivity index (χ2n) is 6.23. The third kappa shape index (κ3) is 4.93. The highest BCUT2D eigenvalue weighted by atomic mass is 35.5. The Balaban J connectivity index is 1.66. The molecular formula is C18H15ClF3N3O2S2. The second kappa shape index (κ2) is 8.37. The summed E-state index contributed by atoms with van der Waals surface area (Å²) >= 11 is 7.81. The number of rotatable bonds is 6. The average Bonchev–Trinajstić information content (AvgIpc) is 3.17. The number of nitrogens with zero attached hydrogens (tertiary/aromatic N) is 1. The molecule has 5 nitrogen and oxygen atoms in total. The van der Waals surface area contributed by atoms with Crippen molar-refractivity contribution in [1.82, 2.24) is 15.3 Å². The van der Waals surface area contributed by atoms with Gasteiger partial charge in [0.2, 0.25) is 5.91 Å². The third-order valence-electron chi connectivity index (χ3n) is 4.11. The Labute approximate surface area is 176 Å². The first-order chi connectivity index (χ1) is 13.6. The van der Waals surface area contributed by atoms with Crippen molar-refractivity contribution in [1.29, 1.82) is 0 Å². The van der Waals surface area contributed by atoms with Gasteiger partial charge in [-0.15, -0.1) is 11.3 Å². The van der Waals surface area contributed by atoms with E-state index in [2.05, 4.69) is 28.4 Å². The molecule has 0 fully saturated rings. The molecule has 0 radical (unpaired) electrons. The molecule has 2 N–H and O–H groups in total. The number of allylic oxidation sites excluding steroid dienone is 3. The Hall–Kier alpha value is -2.04. The molecular weight excluding hydrogens is 447 g/mol. The molecule has 29 heavy (non-hydrogen) atoms. The Bertz CT molecular complexity index is 1100. The van der Waals surface area contributed by atoms with E-state index in [0.29, 0.717) is 16.3 Å². The van der Waals surface area contributed by atoms with Crippen molar-refractivity contribution >= 4 is 50.8 Å². The Morgan fingerprint density at radius 2 is 2.10 bits per heavy atom. The van der Waals surface area contributed by atoms with Crippen LogP contribution in [0.4, 0.5) is 13.2 Å². The molecule has 0 atom stereocenters.